The van der Waals surface area contributed by atoms with Crippen molar-refractivity contribution < 1.29 is 28.6 Å². The van der Waals surface area contributed by atoms with E-state index in [1.165, 1.54) is 25.2 Å². The van der Waals surface area contributed by atoms with E-state index < -0.39 is 23.5 Å². The van der Waals surface area contributed by atoms with E-state index >= 15 is 0 Å². The number of ether oxygens (including phenoxy) is 2. The summed E-state index contributed by atoms with van der Waals surface area (Å²) in [6, 6.07) is 14.5. The molecule has 2 aromatic carbocycles. The van der Waals surface area contributed by atoms with Crippen LogP contribution in [0.3, 0.4) is 0 Å². The molecular weight excluding hydrogens is 484 g/mol. The summed E-state index contributed by atoms with van der Waals surface area (Å²) in [7, 11) is 3.00. The molecule has 1 atom stereocenters. The lowest BCUT2D eigenvalue weighted by Crippen LogP contribution is -2.31. The molecular formula is C27H21ClN2O6. The Kier molecular flexibility index (Phi) is 6.12. The first-order chi connectivity index (χ1) is 17.4. The third-order valence-corrected chi connectivity index (χ3v) is 6.29. The molecule has 9 heteroatoms. The predicted molar refractivity (Wildman–Crippen MR) is 132 cm³/mol. The summed E-state index contributed by atoms with van der Waals surface area (Å²) in [5.74, 6) is -1.08. The van der Waals surface area contributed by atoms with E-state index in [0.717, 1.165) is 0 Å². The van der Waals surface area contributed by atoms with Crippen molar-refractivity contribution in [2.24, 2.45) is 0 Å². The molecule has 8 nitrogen and oxygen atoms in total. The zero-order chi connectivity index (χ0) is 25.4. The van der Waals surface area contributed by atoms with Crippen molar-refractivity contribution in [3.05, 3.63) is 100 Å². The van der Waals surface area contributed by atoms with Crippen molar-refractivity contribution in [1.82, 2.24) is 9.88 Å². The van der Waals surface area contributed by atoms with Crippen LogP contribution in [0.5, 0.6) is 11.5 Å². The monoisotopic (exact) mass is 504 g/mol. The van der Waals surface area contributed by atoms with Crippen LogP contribution < -0.4 is 9.47 Å². The van der Waals surface area contributed by atoms with Gasteiger partial charge in [-0.25, -0.2) is 0 Å². The fraction of sp³-hybridized carbons (Fsp3) is 0.148. The van der Waals surface area contributed by atoms with Gasteiger partial charge in [0.1, 0.15) is 5.75 Å². The molecule has 1 aliphatic heterocycles. The zero-order valence-electron chi connectivity index (χ0n) is 19.4. The summed E-state index contributed by atoms with van der Waals surface area (Å²) in [6.07, 6.45) is 3.14. The Labute approximate surface area is 211 Å². The summed E-state index contributed by atoms with van der Waals surface area (Å²) in [5, 5.41) is 11.9. The van der Waals surface area contributed by atoms with Crippen LogP contribution in [-0.2, 0) is 11.3 Å². The molecule has 2 aromatic heterocycles. The van der Waals surface area contributed by atoms with Crippen molar-refractivity contribution in [1.29, 1.82) is 0 Å². The Bertz CT molecular complexity index is 1510. The number of methoxy groups -OCH3 is 2. The van der Waals surface area contributed by atoms with Crippen LogP contribution in [0.25, 0.3) is 11.0 Å². The molecule has 0 aliphatic carbocycles. The average molecular weight is 505 g/mol. The van der Waals surface area contributed by atoms with E-state index in [0.29, 0.717) is 38.6 Å². The Morgan fingerprint density at radius 1 is 1.11 bits per heavy atom. The van der Waals surface area contributed by atoms with E-state index in [1.54, 1.807) is 42.7 Å². The Morgan fingerprint density at radius 3 is 2.61 bits per heavy atom. The molecule has 0 spiro atoms. The number of hydrogen-bond acceptors (Lipinski definition) is 7. The Morgan fingerprint density at radius 2 is 1.89 bits per heavy atom. The van der Waals surface area contributed by atoms with Crippen molar-refractivity contribution in [3.8, 4) is 11.5 Å². The number of carbonyl (C=O) groups is 2. The minimum Gasteiger partial charge on any atom is -0.503 e. The lowest BCUT2D eigenvalue weighted by atomic mass is 9.96. The first-order valence-corrected chi connectivity index (χ1v) is 11.4. The fourth-order valence-electron chi connectivity index (χ4n) is 4.43. The number of carbonyl (C=O) groups excluding carboxylic acids is 2. The predicted octanol–water partition coefficient (Wildman–Crippen LogP) is 5.28. The van der Waals surface area contributed by atoms with Crippen molar-refractivity contribution in [3.63, 3.8) is 0 Å². The Hall–Kier alpha value is -4.30. The van der Waals surface area contributed by atoms with Crippen molar-refractivity contribution >= 4 is 34.3 Å². The molecule has 1 N–H and O–H groups in total. The van der Waals surface area contributed by atoms with Crippen LogP contribution in [0.4, 0.5) is 0 Å². The summed E-state index contributed by atoms with van der Waals surface area (Å²) in [4.78, 5) is 32.6. The maximum Gasteiger partial charge on any atom is 0.290 e. The molecule has 4 aromatic rings. The van der Waals surface area contributed by atoms with Gasteiger partial charge in [0.2, 0.25) is 5.78 Å². The highest BCUT2D eigenvalue weighted by Crippen LogP contribution is 2.41. The highest BCUT2D eigenvalue weighted by atomic mass is 35.5. The number of hydrogen-bond donors (Lipinski definition) is 1. The van der Waals surface area contributed by atoms with Gasteiger partial charge >= 0.3 is 0 Å². The van der Waals surface area contributed by atoms with E-state index in [9.17, 15) is 14.7 Å². The summed E-state index contributed by atoms with van der Waals surface area (Å²) in [6.45, 7) is 0.0901. The van der Waals surface area contributed by atoms with Crippen LogP contribution in [0.1, 0.15) is 27.7 Å². The minimum absolute atomic E-state index is 0.0621. The number of aromatic nitrogens is 1. The first-order valence-electron chi connectivity index (χ1n) is 11.0. The number of nitrogens with zero attached hydrogens (tertiary/aromatic N) is 2. The largest absolute Gasteiger partial charge is 0.503 e. The molecule has 5 rings (SSSR count). The molecule has 182 valence electrons. The van der Waals surface area contributed by atoms with Gasteiger partial charge in [-0.3, -0.25) is 14.6 Å². The van der Waals surface area contributed by atoms with Gasteiger partial charge in [-0.15, -0.1) is 0 Å². The normalized spacial score (nSPS) is 15.6. The van der Waals surface area contributed by atoms with Crippen LogP contribution in [-0.4, -0.2) is 40.9 Å². The molecule has 0 radical (unpaired) electrons. The molecule has 1 amide bonds. The maximum absolute atomic E-state index is 13.8. The number of aliphatic hydroxyl groups is 1. The van der Waals surface area contributed by atoms with Crippen molar-refractivity contribution in [2.75, 3.05) is 14.2 Å². The number of halogens is 1. The van der Waals surface area contributed by atoms with Gasteiger partial charge in [-0.05, 0) is 29.8 Å². The third-order valence-electron chi connectivity index (χ3n) is 6.07. The zero-order valence-corrected chi connectivity index (χ0v) is 20.2. The second kappa shape index (κ2) is 9.39. The molecule has 0 fully saturated rings. The number of rotatable bonds is 7. The second-order valence-electron chi connectivity index (χ2n) is 8.16. The van der Waals surface area contributed by atoms with Crippen molar-refractivity contribution in [2.45, 2.75) is 12.6 Å². The quantitative estimate of drug-likeness (QED) is 0.342. The molecule has 0 saturated carbocycles. The molecule has 1 aliphatic rings. The number of furan rings is 1. The smallest absolute Gasteiger partial charge is 0.290 e. The summed E-state index contributed by atoms with van der Waals surface area (Å²) in [5.41, 5.74) is 1.50. The van der Waals surface area contributed by atoms with Gasteiger partial charge in [0.25, 0.3) is 5.91 Å². The van der Waals surface area contributed by atoms with Crippen LogP contribution in [0.2, 0.25) is 5.02 Å². The molecule has 1 unspecified atom stereocenters. The van der Waals surface area contributed by atoms with Crippen LogP contribution in [0.15, 0.2) is 82.7 Å². The van der Waals surface area contributed by atoms with Gasteiger partial charge in [0.15, 0.2) is 22.9 Å². The number of fused-ring (bicyclic) bond motifs is 1. The number of aliphatic hydroxyl groups excluding tert-OH is 1. The summed E-state index contributed by atoms with van der Waals surface area (Å²) >= 11 is 6.16. The van der Waals surface area contributed by atoms with Gasteiger partial charge in [-0.2, -0.15) is 0 Å². The molecule has 0 saturated heterocycles. The van der Waals surface area contributed by atoms with Gasteiger partial charge in [-0.1, -0.05) is 35.9 Å². The highest BCUT2D eigenvalue weighted by molar-refractivity contribution is 6.31. The van der Waals surface area contributed by atoms with E-state index in [1.807, 2.05) is 18.2 Å². The third kappa shape index (κ3) is 3.95. The maximum atomic E-state index is 13.8. The van der Waals surface area contributed by atoms with Crippen LogP contribution in [0, 0.1) is 0 Å². The topological polar surface area (TPSA) is 102 Å². The minimum atomic E-state index is -0.901. The highest BCUT2D eigenvalue weighted by Gasteiger charge is 2.45. The average Bonchev–Trinajstić information content (AvgIpc) is 3.43. The van der Waals surface area contributed by atoms with Gasteiger partial charge in [0.05, 0.1) is 32.4 Å². The number of Topliss-reactive ketones (excluding diaryl/α,β-unsaturated/α-hetero) is 1. The van der Waals surface area contributed by atoms with Gasteiger partial charge < -0.3 is 23.9 Å². The molecule has 3 heterocycles. The van der Waals surface area contributed by atoms with Gasteiger partial charge in [0, 0.05) is 34.4 Å². The van der Waals surface area contributed by atoms with E-state index in [-0.39, 0.29) is 17.9 Å². The lowest BCUT2D eigenvalue weighted by Gasteiger charge is -2.27. The number of benzene rings is 2. The first kappa shape index (κ1) is 23.4. The molecule has 36 heavy (non-hydrogen) atoms. The Balaban J connectivity index is 1.61. The van der Waals surface area contributed by atoms with E-state index in [2.05, 4.69) is 4.98 Å². The second-order valence-corrected chi connectivity index (χ2v) is 8.60. The number of pyridine rings is 1. The summed E-state index contributed by atoms with van der Waals surface area (Å²) < 4.78 is 16.6. The number of para-hydroxylation sites is 1. The SMILES string of the molecule is COc1ccccc1CN1C(=O)C(O)=C(C(=O)c2cc3cc(Cl)cc(OC)c3o2)C1c1cccnc1. The van der Waals surface area contributed by atoms with E-state index in [4.69, 9.17) is 25.5 Å². The lowest BCUT2D eigenvalue weighted by molar-refractivity contribution is -0.130. The van der Waals surface area contributed by atoms with Crippen LogP contribution >= 0.6 is 11.6 Å². The fourth-order valence-corrected chi connectivity index (χ4v) is 4.65. The number of amides is 1. The number of ketones is 1. The standard InChI is InChI=1S/C27H21ClN2O6/c1-34-19-8-4-3-6-16(19)14-30-23(15-7-5-9-29-13-15)22(25(32)27(30)33)24(31)20-11-17-10-18(28)12-21(35-2)26(17)36-20/h3-13,23,32H,14H2,1-2H3. The molecule has 0 bridgehead atoms.